The molecule has 0 bridgehead atoms. The van der Waals surface area contributed by atoms with Gasteiger partial charge in [0.1, 0.15) is 6.61 Å². The van der Waals surface area contributed by atoms with Crippen molar-refractivity contribution in [1.82, 2.24) is 5.32 Å². The number of hydrogen-bond donors (Lipinski definition) is 4. The molecule has 8 heteroatoms. The average molecular weight is 309 g/mol. The van der Waals surface area contributed by atoms with Crippen LogP contribution in [0.15, 0.2) is 30.3 Å². The van der Waals surface area contributed by atoms with E-state index in [0.29, 0.717) is 12.8 Å². The SMILES string of the molecule is O=C(N[C@H]1CC[C@@H](CC(O)O)OB1O)OCc1ccccc1. The number of ether oxygens (including phenoxy) is 1. The largest absolute Gasteiger partial charge is 0.478 e. The molecule has 0 spiro atoms. The molecule has 1 aliphatic rings. The summed E-state index contributed by atoms with van der Waals surface area (Å²) in [4.78, 5) is 11.7. The van der Waals surface area contributed by atoms with Gasteiger partial charge in [0.2, 0.25) is 0 Å². The van der Waals surface area contributed by atoms with Crippen LogP contribution in [0, 0.1) is 0 Å². The summed E-state index contributed by atoms with van der Waals surface area (Å²) in [6.07, 6.45) is -1.53. The molecule has 4 N–H and O–H groups in total. The van der Waals surface area contributed by atoms with Crippen molar-refractivity contribution >= 4 is 13.2 Å². The topological polar surface area (TPSA) is 108 Å². The average Bonchev–Trinajstić information content (AvgIpc) is 2.48. The number of carbonyl (C=O) groups is 1. The van der Waals surface area contributed by atoms with E-state index in [-0.39, 0.29) is 13.0 Å². The predicted molar refractivity (Wildman–Crippen MR) is 78.5 cm³/mol. The molecule has 1 fully saturated rings. The Morgan fingerprint density at radius 3 is 2.73 bits per heavy atom. The quantitative estimate of drug-likeness (QED) is 0.456. The van der Waals surface area contributed by atoms with Crippen LogP contribution < -0.4 is 5.32 Å². The number of carbonyl (C=O) groups excluding carboxylic acids is 1. The number of rotatable bonds is 5. The first kappa shape index (κ1) is 16.8. The van der Waals surface area contributed by atoms with Gasteiger partial charge in [-0.2, -0.15) is 0 Å². The molecule has 1 saturated heterocycles. The summed E-state index contributed by atoms with van der Waals surface area (Å²) >= 11 is 0. The zero-order valence-electron chi connectivity index (χ0n) is 12.1. The van der Waals surface area contributed by atoms with Crippen molar-refractivity contribution in [3.8, 4) is 0 Å². The third-order valence-corrected chi connectivity index (χ3v) is 3.47. The fourth-order valence-electron chi connectivity index (χ4n) is 2.34. The van der Waals surface area contributed by atoms with Crippen molar-refractivity contribution in [3.05, 3.63) is 35.9 Å². The van der Waals surface area contributed by atoms with Crippen molar-refractivity contribution in [2.45, 2.75) is 44.2 Å². The van der Waals surface area contributed by atoms with E-state index < -0.39 is 31.5 Å². The van der Waals surface area contributed by atoms with Crippen molar-refractivity contribution in [1.29, 1.82) is 0 Å². The highest BCUT2D eigenvalue weighted by Crippen LogP contribution is 2.19. The van der Waals surface area contributed by atoms with Gasteiger partial charge in [-0.05, 0) is 18.4 Å². The van der Waals surface area contributed by atoms with E-state index in [9.17, 15) is 9.82 Å². The number of aliphatic hydroxyl groups excluding tert-OH is 1. The molecule has 0 radical (unpaired) electrons. The Hall–Kier alpha value is -1.61. The monoisotopic (exact) mass is 309 g/mol. The Kier molecular flexibility index (Phi) is 6.20. The minimum Gasteiger partial charge on any atom is -0.445 e. The van der Waals surface area contributed by atoms with Crippen molar-refractivity contribution in [2.75, 3.05) is 0 Å². The summed E-state index contributed by atoms with van der Waals surface area (Å²) in [7, 11) is -1.19. The van der Waals surface area contributed by atoms with Crippen LogP contribution in [-0.4, -0.2) is 46.8 Å². The normalized spacial score (nSPS) is 21.7. The van der Waals surface area contributed by atoms with Crippen LogP contribution in [0.25, 0.3) is 0 Å². The van der Waals surface area contributed by atoms with E-state index in [1.54, 1.807) is 0 Å². The van der Waals surface area contributed by atoms with Gasteiger partial charge in [-0.25, -0.2) is 4.79 Å². The summed E-state index contributed by atoms with van der Waals surface area (Å²) < 4.78 is 10.3. The maximum atomic E-state index is 11.7. The molecule has 1 aromatic carbocycles. The molecular weight excluding hydrogens is 289 g/mol. The van der Waals surface area contributed by atoms with E-state index in [0.717, 1.165) is 5.56 Å². The zero-order chi connectivity index (χ0) is 15.9. The highest BCUT2D eigenvalue weighted by atomic mass is 16.6. The van der Waals surface area contributed by atoms with Crippen LogP contribution in [0.5, 0.6) is 0 Å². The molecule has 0 aromatic heterocycles. The van der Waals surface area contributed by atoms with Gasteiger partial charge in [-0.15, -0.1) is 0 Å². The Balaban J connectivity index is 1.73. The second kappa shape index (κ2) is 8.14. The van der Waals surface area contributed by atoms with E-state index in [4.69, 9.17) is 19.6 Å². The molecular formula is C14H20BNO6. The van der Waals surface area contributed by atoms with Crippen molar-refractivity contribution < 1.29 is 29.4 Å². The molecule has 0 aliphatic carbocycles. The maximum absolute atomic E-state index is 11.7. The van der Waals surface area contributed by atoms with Gasteiger partial charge >= 0.3 is 13.2 Å². The summed E-state index contributed by atoms with van der Waals surface area (Å²) in [6.45, 7) is 0.148. The summed E-state index contributed by atoms with van der Waals surface area (Å²) in [5, 5.41) is 30.2. The molecule has 1 aliphatic heterocycles. The molecule has 1 amide bonds. The zero-order valence-corrected chi connectivity index (χ0v) is 12.1. The maximum Gasteiger partial charge on any atom is 0.478 e. The van der Waals surface area contributed by atoms with E-state index in [1.165, 1.54) is 0 Å². The van der Waals surface area contributed by atoms with Gasteiger partial charge in [0, 0.05) is 12.5 Å². The van der Waals surface area contributed by atoms with E-state index in [1.807, 2.05) is 30.3 Å². The number of hydrogen-bond acceptors (Lipinski definition) is 6. The van der Waals surface area contributed by atoms with Crippen LogP contribution in [-0.2, 0) is 16.0 Å². The number of benzene rings is 1. The van der Waals surface area contributed by atoms with Crippen molar-refractivity contribution in [3.63, 3.8) is 0 Å². The molecule has 0 unspecified atom stereocenters. The first-order valence-corrected chi connectivity index (χ1v) is 7.21. The predicted octanol–water partition coefficient (Wildman–Crippen LogP) is 0.181. The second-order valence-electron chi connectivity index (χ2n) is 5.25. The lowest BCUT2D eigenvalue weighted by Gasteiger charge is -2.31. The summed E-state index contributed by atoms with van der Waals surface area (Å²) in [6, 6.07) is 9.27. The first-order valence-electron chi connectivity index (χ1n) is 7.21. The minimum atomic E-state index is -1.47. The molecule has 2 rings (SSSR count). The van der Waals surface area contributed by atoms with E-state index >= 15 is 0 Å². The molecule has 120 valence electrons. The number of alkyl carbamates (subject to hydrolysis) is 1. The minimum absolute atomic E-state index is 0.0300. The Labute approximate surface area is 129 Å². The molecule has 1 heterocycles. The van der Waals surface area contributed by atoms with Crippen molar-refractivity contribution in [2.24, 2.45) is 0 Å². The van der Waals surface area contributed by atoms with Crippen LogP contribution in [0.4, 0.5) is 4.79 Å². The molecule has 22 heavy (non-hydrogen) atoms. The fraction of sp³-hybridized carbons (Fsp3) is 0.500. The van der Waals surface area contributed by atoms with Gasteiger partial charge in [-0.1, -0.05) is 30.3 Å². The second-order valence-corrected chi connectivity index (χ2v) is 5.25. The van der Waals surface area contributed by atoms with Gasteiger partial charge in [-0.3, -0.25) is 0 Å². The lowest BCUT2D eigenvalue weighted by molar-refractivity contribution is -0.0722. The Morgan fingerprint density at radius 2 is 2.09 bits per heavy atom. The number of aliphatic hydroxyl groups is 2. The smallest absolute Gasteiger partial charge is 0.445 e. The lowest BCUT2D eigenvalue weighted by atomic mass is 9.72. The molecule has 2 atom stereocenters. The van der Waals surface area contributed by atoms with Gasteiger partial charge in [0.15, 0.2) is 6.29 Å². The molecule has 1 aromatic rings. The highest BCUT2D eigenvalue weighted by Gasteiger charge is 2.36. The van der Waals surface area contributed by atoms with Gasteiger partial charge < -0.3 is 29.9 Å². The Morgan fingerprint density at radius 1 is 1.36 bits per heavy atom. The van der Waals surface area contributed by atoms with Crippen LogP contribution >= 0.6 is 0 Å². The highest BCUT2D eigenvalue weighted by molar-refractivity contribution is 6.45. The van der Waals surface area contributed by atoms with Crippen LogP contribution in [0.1, 0.15) is 24.8 Å². The summed E-state index contributed by atoms with van der Waals surface area (Å²) in [5.74, 6) is -0.574. The van der Waals surface area contributed by atoms with Gasteiger partial charge in [0.05, 0.1) is 5.94 Å². The standard InChI is InChI=1S/C14H20BNO6/c17-13(18)8-11-6-7-12(15(20)22-11)16-14(19)21-9-10-4-2-1-3-5-10/h1-5,11-13,17-18,20H,6-9H2,(H,16,19)/t11-,12-/m0/s1. The van der Waals surface area contributed by atoms with Gasteiger partial charge in [0.25, 0.3) is 0 Å². The fourth-order valence-corrected chi connectivity index (χ4v) is 2.34. The van der Waals surface area contributed by atoms with E-state index in [2.05, 4.69) is 5.32 Å². The third-order valence-electron chi connectivity index (χ3n) is 3.47. The van der Waals surface area contributed by atoms with Crippen LogP contribution in [0.3, 0.4) is 0 Å². The number of nitrogens with one attached hydrogen (secondary N) is 1. The lowest BCUT2D eigenvalue weighted by Crippen LogP contribution is -2.53. The van der Waals surface area contributed by atoms with Crippen LogP contribution in [0.2, 0.25) is 0 Å². The Bertz CT molecular complexity index is 472. The first-order chi connectivity index (χ1) is 10.5. The third kappa shape index (κ3) is 5.30. The number of amides is 1. The summed E-state index contributed by atoms with van der Waals surface area (Å²) in [5.41, 5.74) is 0.870. The molecule has 7 nitrogen and oxygen atoms in total. The molecule has 0 saturated carbocycles.